The van der Waals surface area contributed by atoms with E-state index in [1.54, 1.807) is 12.1 Å². The number of aliphatic hydroxyl groups excluding tert-OH is 1. The molecule has 6 heteroatoms. The lowest BCUT2D eigenvalue weighted by atomic mass is 10.1. The van der Waals surface area contributed by atoms with E-state index in [0.717, 1.165) is 24.1 Å². The third-order valence-corrected chi connectivity index (χ3v) is 4.45. The molecule has 0 atom stereocenters. The van der Waals surface area contributed by atoms with Gasteiger partial charge in [-0.25, -0.2) is 0 Å². The van der Waals surface area contributed by atoms with E-state index >= 15 is 0 Å². The lowest BCUT2D eigenvalue weighted by Crippen LogP contribution is -2.14. The van der Waals surface area contributed by atoms with Gasteiger partial charge in [0.2, 0.25) is 0 Å². The molecule has 2 heterocycles. The Morgan fingerprint density at radius 3 is 2.33 bits per heavy atom. The van der Waals surface area contributed by atoms with E-state index in [0.29, 0.717) is 11.3 Å². The van der Waals surface area contributed by atoms with Gasteiger partial charge in [-0.15, -0.1) is 0 Å². The second kappa shape index (κ2) is 10.7. The molecule has 0 radical (unpaired) electrons. The van der Waals surface area contributed by atoms with E-state index in [9.17, 15) is 4.79 Å². The molecule has 4 rings (SSSR count). The number of amides is 1. The van der Waals surface area contributed by atoms with Gasteiger partial charge >= 0.3 is 0 Å². The molecule has 2 aromatic heterocycles. The zero-order valence-electron chi connectivity index (χ0n) is 16.5. The monoisotopic (exact) mass is 400 g/mol. The Labute approximate surface area is 175 Å². The Bertz CT molecular complexity index is 1060. The molecular formula is C24H24N4O2. The van der Waals surface area contributed by atoms with Crippen LogP contribution in [0, 0.1) is 0 Å². The summed E-state index contributed by atoms with van der Waals surface area (Å²) in [6.45, 7) is 0.287. The second-order valence-electron chi connectivity index (χ2n) is 6.61. The van der Waals surface area contributed by atoms with Crippen molar-refractivity contribution in [3.05, 3.63) is 96.3 Å². The van der Waals surface area contributed by atoms with Gasteiger partial charge in [0.05, 0.1) is 11.4 Å². The Morgan fingerprint density at radius 2 is 1.67 bits per heavy atom. The van der Waals surface area contributed by atoms with Crippen LogP contribution < -0.4 is 5.73 Å². The van der Waals surface area contributed by atoms with Crippen LogP contribution in [0.1, 0.15) is 22.5 Å². The molecule has 4 N–H and O–H groups in total. The number of hydrogen-bond donors (Lipinski definition) is 3. The summed E-state index contributed by atoms with van der Waals surface area (Å²) in [5.74, 6) is -0.559. The van der Waals surface area contributed by atoms with Gasteiger partial charge in [0, 0.05) is 23.9 Å². The van der Waals surface area contributed by atoms with E-state index in [-0.39, 0.29) is 12.3 Å². The number of benzene rings is 2. The summed E-state index contributed by atoms with van der Waals surface area (Å²) >= 11 is 0. The first-order chi connectivity index (χ1) is 14.7. The third kappa shape index (κ3) is 5.62. The maximum absolute atomic E-state index is 11.4. The van der Waals surface area contributed by atoms with Gasteiger partial charge in [0.25, 0.3) is 5.91 Å². The summed E-state index contributed by atoms with van der Waals surface area (Å²) in [6, 6.07) is 25.4. The Morgan fingerprint density at radius 1 is 0.967 bits per heavy atom. The van der Waals surface area contributed by atoms with E-state index in [1.165, 1.54) is 11.8 Å². The van der Waals surface area contributed by atoms with Crippen LogP contribution in [0.2, 0.25) is 0 Å². The van der Waals surface area contributed by atoms with E-state index in [1.807, 2.05) is 54.6 Å². The fraction of sp³-hybridized carbons (Fsp3) is 0.125. The number of carbonyl (C=O) groups is 1. The maximum atomic E-state index is 11.4. The lowest BCUT2D eigenvalue weighted by Gasteiger charge is -2.01. The number of pyridine rings is 1. The Balaban J connectivity index is 0.000000216. The highest BCUT2D eigenvalue weighted by Crippen LogP contribution is 2.25. The van der Waals surface area contributed by atoms with Crippen LogP contribution in [0.25, 0.3) is 22.5 Å². The molecule has 0 bridgehead atoms. The fourth-order valence-corrected chi connectivity index (χ4v) is 2.96. The van der Waals surface area contributed by atoms with E-state index < -0.39 is 5.91 Å². The van der Waals surface area contributed by atoms with Crippen molar-refractivity contribution in [3.8, 4) is 22.5 Å². The summed E-state index contributed by atoms with van der Waals surface area (Å²) in [5.41, 5.74) is 10.0. The van der Waals surface area contributed by atoms with Crippen LogP contribution in [0.4, 0.5) is 0 Å². The van der Waals surface area contributed by atoms with Crippen molar-refractivity contribution in [2.45, 2.75) is 12.8 Å². The summed E-state index contributed by atoms with van der Waals surface area (Å²) in [5, 5.41) is 15.7. The molecule has 30 heavy (non-hydrogen) atoms. The number of nitrogens with zero attached hydrogens (tertiary/aromatic N) is 2. The summed E-state index contributed by atoms with van der Waals surface area (Å²) in [6.07, 6.45) is 3.39. The van der Waals surface area contributed by atoms with Crippen molar-refractivity contribution in [1.82, 2.24) is 15.2 Å². The highest BCUT2D eigenvalue weighted by atomic mass is 16.2. The van der Waals surface area contributed by atoms with E-state index in [2.05, 4.69) is 27.3 Å². The molecule has 0 aliphatic rings. The molecule has 4 aromatic rings. The normalized spacial score (nSPS) is 10.2. The van der Waals surface area contributed by atoms with Crippen LogP contribution in [0.15, 0.2) is 85.1 Å². The van der Waals surface area contributed by atoms with Crippen molar-refractivity contribution < 1.29 is 9.90 Å². The van der Waals surface area contributed by atoms with Gasteiger partial charge in [-0.2, -0.15) is 5.10 Å². The van der Waals surface area contributed by atoms with E-state index in [4.69, 9.17) is 10.8 Å². The van der Waals surface area contributed by atoms with Crippen LogP contribution in [0.3, 0.4) is 0 Å². The highest BCUT2D eigenvalue weighted by molar-refractivity contribution is 5.97. The molecule has 6 nitrogen and oxygen atoms in total. The van der Waals surface area contributed by atoms with Gasteiger partial charge in [-0.1, -0.05) is 60.7 Å². The average molecular weight is 400 g/mol. The van der Waals surface area contributed by atoms with Crippen LogP contribution in [-0.2, 0) is 6.42 Å². The number of aromatic nitrogens is 3. The quantitative estimate of drug-likeness (QED) is 0.457. The number of nitrogens with two attached hydrogens (primary N) is 1. The number of aliphatic hydroxyl groups is 1. The SMILES string of the molecule is NC(=O)c1ncccc1-c1cc(-c2ccccc2)n[nH]1.OCCCc1ccccc1. The predicted octanol–water partition coefficient (Wildman–Crippen LogP) is 3.85. The predicted molar refractivity (Wildman–Crippen MR) is 118 cm³/mol. The minimum Gasteiger partial charge on any atom is -0.396 e. The fourth-order valence-electron chi connectivity index (χ4n) is 2.96. The summed E-state index contributed by atoms with van der Waals surface area (Å²) in [4.78, 5) is 15.4. The number of primary amides is 1. The van der Waals surface area contributed by atoms with Crippen molar-refractivity contribution in [1.29, 1.82) is 0 Å². The Hall–Kier alpha value is -3.77. The number of aromatic amines is 1. The molecule has 0 saturated heterocycles. The highest BCUT2D eigenvalue weighted by Gasteiger charge is 2.13. The van der Waals surface area contributed by atoms with Crippen molar-refractivity contribution in [3.63, 3.8) is 0 Å². The number of hydrogen-bond acceptors (Lipinski definition) is 4. The largest absolute Gasteiger partial charge is 0.396 e. The zero-order valence-corrected chi connectivity index (χ0v) is 16.5. The minimum atomic E-state index is -0.559. The topological polar surface area (TPSA) is 105 Å². The minimum absolute atomic E-state index is 0.232. The molecule has 0 aliphatic carbocycles. The molecule has 0 fully saturated rings. The van der Waals surface area contributed by atoms with Crippen molar-refractivity contribution in [2.24, 2.45) is 5.73 Å². The van der Waals surface area contributed by atoms with Gasteiger partial charge in [0.1, 0.15) is 5.69 Å². The molecule has 2 aromatic carbocycles. The molecular weight excluding hydrogens is 376 g/mol. The van der Waals surface area contributed by atoms with Gasteiger partial charge in [-0.05, 0) is 36.6 Å². The molecule has 152 valence electrons. The number of H-pyrrole nitrogens is 1. The lowest BCUT2D eigenvalue weighted by molar-refractivity contribution is 0.0996. The summed E-state index contributed by atoms with van der Waals surface area (Å²) in [7, 11) is 0. The number of aryl methyl sites for hydroxylation is 1. The average Bonchev–Trinajstić information content (AvgIpc) is 3.30. The molecule has 0 saturated carbocycles. The maximum Gasteiger partial charge on any atom is 0.268 e. The smallest absolute Gasteiger partial charge is 0.268 e. The van der Waals surface area contributed by atoms with Crippen molar-refractivity contribution in [2.75, 3.05) is 6.61 Å². The van der Waals surface area contributed by atoms with Crippen molar-refractivity contribution >= 4 is 5.91 Å². The first-order valence-corrected chi connectivity index (χ1v) is 9.70. The summed E-state index contributed by atoms with van der Waals surface area (Å²) < 4.78 is 0. The first kappa shape index (κ1) is 21.0. The molecule has 1 amide bonds. The van der Waals surface area contributed by atoms with Gasteiger partial charge < -0.3 is 10.8 Å². The second-order valence-corrected chi connectivity index (χ2v) is 6.61. The van der Waals surface area contributed by atoms with Crippen LogP contribution >= 0.6 is 0 Å². The number of carbonyl (C=O) groups excluding carboxylic acids is 1. The molecule has 0 aliphatic heterocycles. The molecule has 0 spiro atoms. The van der Waals surface area contributed by atoms with Crippen LogP contribution in [-0.4, -0.2) is 32.8 Å². The number of nitrogens with one attached hydrogen (secondary N) is 1. The zero-order chi connectivity index (χ0) is 21.2. The molecule has 0 unspecified atom stereocenters. The number of rotatable bonds is 6. The standard InChI is InChI=1S/C15H12N4O.C9H12O/c16-15(20)14-11(7-4-8-17-14)13-9-12(18-19-13)10-5-2-1-3-6-10;10-8-4-7-9-5-2-1-3-6-9/h1-9H,(H2,16,20)(H,18,19);1-3,5-6,10H,4,7-8H2. The third-order valence-electron chi connectivity index (χ3n) is 4.45. The first-order valence-electron chi connectivity index (χ1n) is 9.70. The van der Waals surface area contributed by atoms with Crippen LogP contribution in [0.5, 0.6) is 0 Å². The van der Waals surface area contributed by atoms with Gasteiger partial charge in [-0.3, -0.25) is 14.9 Å². The van der Waals surface area contributed by atoms with Gasteiger partial charge in [0.15, 0.2) is 0 Å². The Kier molecular flexibility index (Phi) is 7.46.